The minimum atomic E-state index is -0.563. The van der Waals surface area contributed by atoms with Crippen molar-refractivity contribution in [1.29, 1.82) is 0 Å². The van der Waals surface area contributed by atoms with Crippen molar-refractivity contribution in [3.8, 4) is 0 Å². The van der Waals surface area contributed by atoms with Crippen LogP contribution in [-0.4, -0.2) is 59.5 Å². The molecule has 2 rings (SSSR count). The quantitative estimate of drug-likeness (QED) is 0.865. The van der Waals surface area contributed by atoms with Crippen LogP contribution in [0.25, 0.3) is 0 Å². The summed E-state index contributed by atoms with van der Waals surface area (Å²) < 4.78 is 14.3. The highest BCUT2D eigenvalue weighted by Gasteiger charge is 2.25. The van der Waals surface area contributed by atoms with Gasteiger partial charge in [-0.1, -0.05) is 15.9 Å². The largest absolute Gasteiger partial charge is 0.387 e. The van der Waals surface area contributed by atoms with Crippen LogP contribution in [-0.2, 0) is 4.79 Å². The summed E-state index contributed by atoms with van der Waals surface area (Å²) >= 11 is 3.21. The van der Waals surface area contributed by atoms with Crippen LogP contribution >= 0.6 is 15.9 Å². The third-order valence-corrected chi connectivity index (χ3v) is 3.71. The van der Waals surface area contributed by atoms with Crippen LogP contribution in [0, 0.1) is 5.82 Å². The molecule has 1 aliphatic rings. The summed E-state index contributed by atoms with van der Waals surface area (Å²) in [7, 11) is 0. The normalized spacial score (nSPS) is 15.3. The summed E-state index contributed by atoms with van der Waals surface area (Å²) in [6.07, 6.45) is 0. The lowest BCUT2D eigenvalue weighted by molar-refractivity contribution is -0.135. The zero-order valence-corrected chi connectivity index (χ0v) is 12.3. The number of rotatable bonds is 2. The van der Waals surface area contributed by atoms with E-state index in [4.69, 9.17) is 5.11 Å². The van der Waals surface area contributed by atoms with Gasteiger partial charge in [-0.3, -0.25) is 9.59 Å². The van der Waals surface area contributed by atoms with E-state index in [0.717, 1.165) is 0 Å². The van der Waals surface area contributed by atoms with E-state index in [1.807, 2.05) is 0 Å². The lowest BCUT2D eigenvalue weighted by Gasteiger charge is -2.34. The molecular weight excluding hydrogens is 331 g/mol. The van der Waals surface area contributed by atoms with Crippen molar-refractivity contribution < 1.29 is 19.1 Å². The molecular formula is C13H14BrFN2O3. The molecule has 1 heterocycles. The molecule has 1 saturated heterocycles. The van der Waals surface area contributed by atoms with Gasteiger partial charge in [0.1, 0.15) is 12.4 Å². The maximum absolute atomic E-state index is 13.7. The Morgan fingerprint density at radius 3 is 2.40 bits per heavy atom. The first kappa shape index (κ1) is 14.9. The Labute approximate surface area is 124 Å². The van der Waals surface area contributed by atoms with E-state index < -0.39 is 12.4 Å². The standard InChI is InChI=1S/C13H14BrFN2O3/c14-9-1-2-11(15)10(7-9)13(20)17-5-3-16(4-6-17)12(19)8-18/h1-2,7,18H,3-6,8H2. The number of carbonyl (C=O) groups is 2. The number of nitrogens with zero attached hydrogens (tertiary/aromatic N) is 2. The van der Waals surface area contributed by atoms with Gasteiger partial charge in [0.15, 0.2) is 0 Å². The number of benzene rings is 1. The predicted octanol–water partition coefficient (Wildman–Crippen LogP) is 0.865. The number of aliphatic hydroxyl groups is 1. The molecule has 0 unspecified atom stereocenters. The highest BCUT2D eigenvalue weighted by atomic mass is 79.9. The number of hydrogen-bond acceptors (Lipinski definition) is 3. The van der Waals surface area contributed by atoms with Crippen molar-refractivity contribution in [1.82, 2.24) is 9.80 Å². The number of amides is 2. The van der Waals surface area contributed by atoms with Gasteiger partial charge in [-0.05, 0) is 18.2 Å². The van der Waals surface area contributed by atoms with Gasteiger partial charge in [0.25, 0.3) is 5.91 Å². The second kappa shape index (κ2) is 6.32. The molecule has 0 aromatic heterocycles. The van der Waals surface area contributed by atoms with Crippen LogP contribution in [0.4, 0.5) is 4.39 Å². The minimum absolute atomic E-state index is 0.0151. The smallest absolute Gasteiger partial charge is 0.256 e. The molecule has 0 spiro atoms. The number of carbonyl (C=O) groups excluding carboxylic acids is 2. The molecule has 1 aromatic rings. The fraction of sp³-hybridized carbons (Fsp3) is 0.385. The second-order valence-electron chi connectivity index (χ2n) is 4.46. The van der Waals surface area contributed by atoms with Crippen LogP contribution in [0.5, 0.6) is 0 Å². The molecule has 0 radical (unpaired) electrons. The van der Waals surface area contributed by atoms with Gasteiger partial charge in [0, 0.05) is 30.7 Å². The van der Waals surface area contributed by atoms with E-state index in [0.29, 0.717) is 30.7 Å². The number of aliphatic hydroxyl groups excluding tert-OH is 1. The van der Waals surface area contributed by atoms with Gasteiger partial charge in [-0.2, -0.15) is 0 Å². The number of halogens is 2. The van der Waals surface area contributed by atoms with E-state index in [9.17, 15) is 14.0 Å². The molecule has 0 aliphatic carbocycles. The topological polar surface area (TPSA) is 60.9 Å². The molecule has 5 nitrogen and oxygen atoms in total. The van der Waals surface area contributed by atoms with E-state index in [-0.39, 0.29) is 17.4 Å². The van der Waals surface area contributed by atoms with Crippen molar-refractivity contribution >= 4 is 27.7 Å². The first-order valence-electron chi connectivity index (χ1n) is 6.16. The Morgan fingerprint density at radius 1 is 1.20 bits per heavy atom. The lowest BCUT2D eigenvalue weighted by atomic mass is 10.1. The predicted molar refractivity (Wildman–Crippen MR) is 73.7 cm³/mol. The highest BCUT2D eigenvalue weighted by Crippen LogP contribution is 2.18. The zero-order chi connectivity index (χ0) is 14.7. The molecule has 20 heavy (non-hydrogen) atoms. The van der Waals surface area contributed by atoms with Gasteiger partial charge in [-0.15, -0.1) is 0 Å². The maximum Gasteiger partial charge on any atom is 0.256 e. The third kappa shape index (κ3) is 3.16. The average Bonchev–Trinajstić information content (AvgIpc) is 2.48. The fourth-order valence-corrected chi connectivity index (χ4v) is 2.45. The Balaban J connectivity index is 2.05. The molecule has 1 aromatic carbocycles. The Morgan fingerprint density at radius 2 is 1.80 bits per heavy atom. The van der Waals surface area contributed by atoms with Gasteiger partial charge < -0.3 is 14.9 Å². The summed E-state index contributed by atoms with van der Waals surface area (Å²) in [5.41, 5.74) is 0.0151. The van der Waals surface area contributed by atoms with Crippen LogP contribution < -0.4 is 0 Å². The molecule has 0 saturated carbocycles. The molecule has 2 amide bonds. The molecule has 7 heteroatoms. The van der Waals surface area contributed by atoms with Crippen LogP contribution in [0.1, 0.15) is 10.4 Å². The summed E-state index contributed by atoms with van der Waals surface area (Å²) in [5, 5.41) is 8.78. The molecule has 1 aliphatic heterocycles. The molecule has 0 atom stereocenters. The molecule has 0 bridgehead atoms. The van der Waals surface area contributed by atoms with Gasteiger partial charge >= 0.3 is 0 Å². The second-order valence-corrected chi connectivity index (χ2v) is 5.37. The lowest BCUT2D eigenvalue weighted by Crippen LogP contribution is -2.51. The summed E-state index contributed by atoms with van der Waals surface area (Å²) in [4.78, 5) is 26.5. The molecule has 108 valence electrons. The van der Waals surface area contributed by atoms with Gasteiger partial charge in [0.05, 0.1) is 5.56 Å². The first-order valence-corrected chi connectivity index (χ1v) is 6.95. The Bertz CT molecular complexity index is 530. The van der Waals surface area contributed by atoms with Gasteiger partial charge in [-0.25, -0.2) is 4.39 Å². The van der Waals surface area contributed by atoms with Gasteiger partial charge in [0.2, 0.25) is 5.91 Å². The first-order chi connectivity index (χ1) is 9.52. The molecule has 1 N–H and O–H groups in total. The third-order valence-electron chi connectivity index (χ3n) is 3.21. The molecule has 1 fully saturated rings. The van der Waals surface area contributed by atoms with Crippen molar-refractivity contribution in [3.63, 3.8) is 0 Å². The number of hydrogen-bond donors (Lipinski definition) is 1. The van der Waals surface area contributed by atoms with E-state index in [1.165, 1.54) is 28.0 Å². The van der Waals surface area contributed by atoms with Crippen molar-refractivity contribution in [3.05, 3.63) is 34.1 Å². The van der Waals surface area contributed by atoms with Crippen LogP contribution in [0.15, 0.2) is 22.7 Å². The minimum Gasteiger partial charge on any atom is -0.387 e. The number of piperazine rings is 1. The summed E-state index contributed by atoms with van der Waals surface area (Å²) in [5.74, 6) is -1.31. The Hall–Kier alpha value is -1.47. The SMILES string of the molecule is O=C(CO)N1CCN(C(=O)c2cc(Br)ccc2F)CC1. The summed E-state index contributed by atoms with van der Waals surface area (Å²) in [6.45, 7) is 0.822. The average molecular weight is 345 g/mol. The van der Waals surface area contributed by atoms with Crippen molar-refractivity contribution in [2.75, 3.05) is 32.8 Å². The van der Waals surface area contributed by atoms with E-state index in [2.05, 4.69) is 15.9 Å². The van der Waals surface area contributed by atoms with Crippen molar-refractivity contribution in [2.45, 2.75) is 0 Å². The fourth-order valence-electron chi connectivity index (χ4n) is 2.09. The Kier molecular flexibility index (Phi) is 4.72. The van der Waals surface area contributed by atoms with Crippen molar-refractivity contribution in [2.24, 2.45) is 0 Å². The zero-order valence-electron chi connectivity index (χ0n) is 10.7. The van der Waals surface area contributed by atoms with E-state index >= 15 is 0 Å². The van der Waals surface area contributed by atoms with Crippen LogP contribution in [0.2, 0.25) is 0 Å². The van der Waals surface area contributed by atoms with Crippen LogP contribution in [0.3, 0.4) is 0 Å². The maximum atomic E-state index is 13.7. The highest BCUT2D eigenvalue weighted by molar-refractivity contribution is 9.10. The monoisotopic (exact) mass is 344 g/mol. The summed E-state index contributed by atoms with van der Waals surface area (Å²) in [6, 6.07) is 4.22. The van der Waals surface area contributed by atoms with E-state index in [1.54, 1.807) is 0 Å².